The Morgan fingerprint density at radius 2 is 1.12 bits per heavy atom. The van der Waals surface area contributed by atoms with Crippen LogP contribution in [0.1, 0.15) is 22.3 Å². The number of para-hydroxylation sites is 4. The summed E-state index contributed by atoms with van der Waals surface area (Å²) in [5.41, 5.74) is 17.4. The molecule has 3 aliphatic rings. The minimum Gasteiger partial charge on any atom is -0.456 e. The highest BCUT2D eigenvalue weighted by molar-refractivity contribution is 6.94. The smallest absolute Gasteiger partial charge is 0.333 e. The Balaban J connectivity index is 1.25. The summed E-state index contributed by atoms with van der Waals surface area (Å²) in [4.78, 5) is 5.24. The van der Waals surface area contributed by atoms with E-state index in [0.717, 1.165) is 27.6 Å². The molecule has 0 radical (unpaired) electrons. The average Bonchev–Trinajstić information content (AvgIpc) is 3.67. The van der Waals surface area contributed by atoms with Gasteiger partial charge in [-0.05, 0) is 86.6 Å². The summed E-state index contributed by atoms with van der Waals surface area (Å²) < 4.78 is 6.61. The molecule has 9 aromatic carbocycles. The normalized spacial score (nSPS) is 14.4. The molecule has 4 heterocycles. The SMILES string of the molecule is c1ccc(N2B3c4cccc5c4N(c4ccccc4C5(c4ccccc4)c4ccccc4)c4c3c(cc3ccccc43)-c3c2ccc2oc4ccccc4c32)cc1. The molecule has 264 valence electrons. The first-order valence-electron chi connectivity index (χ1n) is 19.8. The van der Waals surface area contributed by atoms with Gasteiger partial charge < -0.3 is 14.1 Å². The minimum absolute atomic E-state index is 0.120. The topological polar surface area (TPSA) is 19.6 Å². The molecule has 57 heavy (non-hydrogen) atoms. The molecule has 0 unspecified atom stereocenters. The van der Waals surface area contributed by atoms with E-state index in [9.17, 15) is 0 Å². The molecule has 0 aliphatic carbocycles. The van der Waals surface area contributed by atoms with E-state index in [1.807, 2.05) is 0 Å². The van der Waals surface area contributed by atoms with Crippen molar-refractivity contribution in [1.29, 1.82) is 0 Å². The average molecular weight is 725 g/mol. The predicted octanol–water partition coefficient (Wildman–Crippen LogP) is 12.1. The van der Waals surface area contributed by atoms with E-state index in [2.05, 4.69) is 210 Å². The molecule has 0 atom stereocenters. The molecule has 13 rings (SSSR count). The highest BCUT2D eigenvalue weighted by atomic mass is 16.3. The van der Waals surface area contributed by atoms with Gasteiger partial charge in [0.25, 0.3) is 0 Å². The molecule has 1 aromatic heterocycles. The lowest BCUT2D eigenvalue weighted by Crippen LogP contribution is -2.62. The first-order valence-corrected chi connectivity index (χ1v) is 19.8. The third-order valence-electron chi connectivity index (χ3n) is 12.9. The van der Waals surface area contributed by atoms with Crippen LogP contribution in [-0.2, 0) is 5.41 Å². The monoisotopic (exact) mass is 724 g/mol. The number of fused-ring (bicyclic) bond motifs is 12. The Labute approximate surface area is 330 Å². The molecule has 3 nitrogen and oxygen atoms in total. The van der Waals surface area contributed by atoms with Gasteiger partial charge in [0.2, 0.25) is 0 Å². The van der Waals surface area contributed by atoms with Crippen molar-refractivity contribution in [3.05, 3.63) is 222 Å². The van der Waals surface area contributed by atoms with Gasteiger partial charge in [0.15, 0.2) is 0 Å². The maximum Gasteiger partial charge on any atom is 0.333 e. The molecule has 3 aliphatic heterocycles. The quantitative estimate of drug-likeness (QED) is 0.169. The molecular weight excluding hydrogens is 691 g/mol. The second-order valence-corrected chi connectivity index (χ2v) is 15.5. The van der Waals surface area contributed by atoms with Crippen LogP contribution in [0.15, 0.2) is 205 Å². The minimum atomic E-state index is -0.572. The summed E-state index contributed by atoms with van der Waals surface area (Å²) in [5, 5.41) is 4.75. The molecule has 4 heteroatoms. The van der Waals surface area contributed by atoms with E-state index in [0.29, 0.717) is 0 Å². The van der Waals surface area contributed by atoms with Gasteiger partial charge in [-0.15, -0.1) is 0 Å². The standard InChI is InChI=1S/C53H33BN2O/c1-4-18-35(19-5-1)53(36-20-6-2-7-21-36)41-26-13-14-29-44(41)55-51-38-24-11-10-17-34(38)33-40-48-45(31-32-47-49(48)39-25-12-15-30-46(39)57-47)56(37-22-8-3-9-23-37)54(50(40)51)43-28-16-27-42(53)52(43)55/h1-33H. The summed E-state index contributed by atoms with van der Waals surface area (Å²) in [6.07, 6.45) is 0. The van der Waals surface area contributed by atoms with E-state index < -0.39 is 5.41 Å². The third-order valence-corrected chi connectivity index (χ3v) is 12.9. The van der Waals surface area contributed by atoms with Crippen molar-refractivity contribution in [2.24, 2.45) is 0 Å². The number of nitrogens with zero attached hydrogens (tertiary/aromatic N) is 2. The Morgan fingerprint density at radius 1 is 0.474 bits per heavy atom. The summed E-state index contributed by atoms with van der Waals surface area (Å²) in [5.74, 6) is 0. The molecule has 0 N–H and O–H groups in total. The molecule has 0 amide bonds. The maximum atomic E-state index is 6.61. The van der Waals surface area contributed by atoms with Crippen LogP contribution in [0.3, 0.4) is 0 Å². The second kappa shape index (κ2) is 11.4. The number of benzene rings is 9. The summed E-state index contributed by atoms with van der Waals surface area (Å²) >= 11 is 0. The maximum absolute atomic E-state index is 6.61. The molecule has 0 fully saturated rings. The summed E-state index contributed by atoms with van der Waals surface area (Å²) in [7, 11) is 0. The van der Waals surface area contributed by atoms with Crippen LogP contribution < -0.4 is 20.6 Å². The molecule has 0 saturated carbocycles. The predicted molar refractivity (Wildman–Crippen MR) is 237 cm³/mol. The fourth-order valence-electron chi connectivity index (χ4n) is 10.8. The van der Waals surface area contributed by atoms with Crippen LogP contribution in [0.2, 0.25) is 0 Å². The van der Waals surface area contributed by atoms with E-state index >= 15 is 0 Å². The van der Waals surface area contributed by atoms with Crippen molar-refractivity contribution >= 4 is 78.9 Å². The van der Waals surface area contributed by atoms with Crippen molar-refractivity contribution in [2.45, 2.75) is 5.41 Å². The lowest BCUT2D eigenvalue weighted by atomic mass is 9.42. The van der Waals surface area contributed by atoms with Crippen molar-refractivity contribution in [2.75, 3.05) is 9.71 Å². The number of hydrogen-bond donors (Lipinski definition) is 0. The van der Waals surface area contributed by atoms with Crippen LogP contribution in [-0.4, -0.2) is 6.85 Å². The highest BCUT2D eigenvalue weighted by Crippen LogP contribution is 2.60. The Bertz CT molecular complexity index is 3230. The fourth-order valence-corrected chi connectivity index (χ4v) is 10.8. The third kappa shape index (κ3) is 3.92. The second-order valence-electron chi connectivity index (χ2n) is 15.5. The Kier molecular flexibility index (Phi) is 6.18. The van der Waals surface area contributed by atoms with E-state index in [1.54, 1.807) is 0 Å². The first kappa shape index (κ1) is 31.0. The zero-order valence-electron chi connectivity index (χ0n) is 30.9. The van der Waals surface area contributed by atoms with Gasteiger partial charge in [-0.3, -0.25) is 0 Å². The Morgan fingerprint density at radius 3 is 1.91 bits per heavy atom. The van der Waals surface area contributed by atoms with Crippen molar-refractivity contribution in [3.8, 4) is 11.1 Å². The molecule has 0 saturated heterocycles. The van der Waals surface area contributed by atoms with Crippen LogP contribution >= 0.6 is 0 Å². The lowest BCUT2D eigenvalue weighted by molar-refractivity contribution is 0.669. The van der Waals surface area contributed by atoms with Gasteiger partial charge >= 0.3 is 6.85 Å². The van der Waals surface area contributed by atoms with Crippen molar-refractivity contribution in [1.82, 2.24) is 0 Å². The summed E-state index contributed by atoms with van der Waals surface area (Å²) in [6, 6.07) is 73.9. The Hall–Kier alpha value is -7.30. The molecule has 10 aromatic rings. The van der Waals surface area contributed by atoms with Gasteiger partial charge in [0, 0.05) is 38.8 Å². The molecular formula is C53H33BN2O. The number of anilines is 5. The van der Waals surface area contributed by atoms with Gasteiger partial charge in [-0.1, -0.05) is 158 Å². The van der Waals surface area contributed by atoms with Gasteiger partial charge in [0.1, 0.15) is 11.2 Å². The zero-order chi connectivity index (χ0) is 37.2. The van der Waals surface area contributed by atoms with Gasteiger partial charge in [-0.2, -0.15) is 0 Å². The largest absolute Gasteiger partial charge is 0.456 e. The lowest BCUT2D eigenvalue weighted by Gasteiger charge is -2.52. The first-order chi connectivity index (χ1) is 28.3. The van der Waals surface area contributed by atoms with E-state index in [-0.39, 0.29) is 6.85 Å². The number of rotatable bonds is 3. The highest BCUT2D eigenvalue weighted by Gasteiger charge is 2.53. The number of furan rings is 1. The van der Waals surface area contributed by atoms with Crippen LogP contribution in [0, 0.1) is 0 Å². The fraction of sp³-hybridized carbons (Fsp3) is 0.0189. The van der Waals surface area contributed by atoms with Crippen LogP contribution in [0.25, 0.3) is 43.8 Å². The molecule has 0 spiro atoms. The molecule has 0 bridgehead atoms. The van der Waals surface area contributed by atoms with E-state index in [4.69, 9.17) is 4.42 Å². The van der Waals surface area contributed by atoms with Gasteiger partial charge in [0.05, 0.1) is 16.8 Å². The zero-order valence-corrected chi connectivity index (χ0v) is 30.9. The van der Waals surface area contributed by atoms with Crippen molar-refractivity contribution < 1.29 is 4.42 Å². The number of hydrogen-bond acceptors (Lipinski definition) is 3. The summed E-state index contributed by atoms with van der Waals surface area (Å²) in [6.45, 7) is -0.120. The van der Waals surface area contributed by atoms with Gasteiger partial charge in [-0.25, -0.2) is 0 Å². The van der Waals surface area contributed by atoms with Crippen LogP contribution in [0.5, 0.6) is 0 Å². The van der Waals surface area contributed by atoms with Crippen molar-refractivity contribution in [3.63, 3.8) is 0 Å². The van der Waals surface area contributed by atoms with Crippen LogP contribution in [0.4, 0.5) is 28.4 Å². The van der Waals surface area contributed by atoms with E-state index in [1.165, 1.54) is 77.8 Å².